The van der Waals surface area contributed by atoms with Gasteiger partial charge < -0.3 is 5.11 Å². The summed E-state index contributed by atoms with van der Waals surface area (Å²) in [4.78, 5) is 12.7. The molecule has 1 heterocycles. The van der Waals surface area contributed by atoms with E-state index in [1.165, 1.54) is 0 Å². The average molecular weight is 197 g/mol. The lowest BCUT2D eigenvalue weighted by Crippen LogP contribution is -2.36. The summed E-state index contributed by atoms with van der Waals surface area (Å²) in [6, 6.07) is 0. The molecule has 1 aromatic rings. The summed E-state index contributed by atoms with van der Waals surface area (Å²) < 4.78 is 35.8. The maximum atomic E-state index is 11.8. The number of aliphatic hydroxyl groups is 1. The van der Waals surface area contributed by atoms with Crippen LogP contribution in [0.1, 0.15) is 0 Å². The number of rotatable bonds is 2. The maximum absolute atomic E-state index is 11.8. The van der Waals surface area contributed by atoms with Crippen molar-refractivity contribution < 1.29 is 18.3 Å². The SMILES string of the molecule is O=c1[nH]cnn1C[C@H](O)C(F)(F)F. The number of hydrogen-bond donors (Lipinski definition) is 2. The number of H-pyrrole nitrogens is 1. The second-order valence-electron chi connectivity index (χ2n) is 2.33. The van der Waals surface area contributed by atoms with Gasteiger partial charge in [0.2, 0.25) is 0 Å². The molecule has 0 bridgehead atoms. The molecule has 0 aliphatic rings. The molecular weight excluding hydrogens is 191 g/mol. The molecule has 0 radical (unpaired) electrons. The van der Waals surface area contributed by atoms with Crippen LogP contribution in [0.3, 0.4) is 0 Å². The highest BCUT2D eigenvalue weighted by molar-refractivity contribution is 4.68. The number of aromatic amines is 1. The number of nitrogens with one attached hydrogen (secondary N) is 1. The quantitative estimate of drug-likeness (QED) is 0.671. The van der Waals surface area contributed by atoms with Crippen LogP contribution in [0.25, 0.3) is 0 Å². The standard InChI is InChI=1S/C5H6F3N3O2/c6-5(7,8)3(12)1-11-4(13)9-2-10-11/h2-3,12H,1H2,(H,9,10,13)/t3-/m0/s1. The Labute approximate surface area is 69.8 Å². The van der Waals surface area contributed by atoms with Gasteiger partial charge in [-0.1, -0.05) is 0 Å². The fourth-order valence-electron chi connectivity index (χ4n) is 0.678. The first-order chi connectivity index (χ1) is 5.91. The second kappa shape index (κ2) is 3.21. The molecule has 74 valence electrons. The van der Waals surface area contributed by atoms with Gasteiger partial charge in [-0.2, -0.15) is 18.3 Å². The Morgan fingerprint density at radius 3 is 2.69 bits per heavy atom. The van der Waals surface area contributed by atoms with Gasteiger partial charge in [-0.25, -0.2) is 9.48 Å². The third kappa shape index (κ3) is 2.31. The Kier molecular flexibility index (Phi) is 2.41. The third-order valence-electron chi connectivity index (χ3n) is 1.34. The van der Waals surface area contributed by atoms with Gasteiger partial charge >= 0.3 is 11.9 Å². The van der Waals surface area contributed by atoms with Gasteiger partial charge in [0.25, 0.3) is 0 Å². The normalized spacial score (nSPS) is 14.5. The van der Waals surface area contributed by atoms with Crippen molar-refractivity contribution in [3.05, 3.63) is 16.8 Å². The van der Waals surface area contributed by atoms with Crippen molar-refractivity contribution in [2.45, 2.75) is 18.8 Å². The average Bonchev–Trinajstić information content (AvgIpc) is 2.34. The van der Waals surface area contributed by atoms with Crippen LogP contribution in [0.2, 0.25) is 0 Å². The minimum atomic E-state index is -4.74. The Bertz CT molecular complexity index is 328. The van der Waals surface area contributed by atoms with Crippen molar-refractivity contribution in [2.75, 3.05) is 0 Å². The molecule has 2 N–H and O–H groups in total. The molecule has 0 aliphatic carbocycles. The van der Waals surface area contributed by atoms with E-state index in [1.807, 2.05) is 4.98 Å². The molecule has 0 saturated carbocycles. The largest absolute Gasteiger partial charge is 0.416 e. The lowest BCUT2D eigenvalue weighted by molar-refractivity contribution is -0.208. The van der Waals surface area contributed by atoms with Gasteiger partial charge in [0.05, 0.1) is 6.54 Å². The van der Waals surface area contributed by atoms with Crippen LogP contribution in [-0.2, 0) is 6.54 Å². The van der Waals surface area contributed by atoms with Crippen molar-refractivity contribution >= 4 is 0 Å². The molecule has 5 nitrogen and oxygen atoms in total. The van der Waals surface area contributed by atoms with Crippen LogP contribution in [-0.4, -0.2) is 32.2 Å². The summed E-state index contributed by atoms with van der Waals surface area (Å²) in [5.74, 6) is 0. The first kappa shape index (κ1) is 9.78. The van der Waals surface area contributed by atoms with E-state index >= 15 is 0 Å². The zero-order valence-electron chi connectivity index (χ0n) is 6.25. The highest BCUT2D eigenvalue weighted by Gasteiger charge is 2.38. The minimum absolute atomic E-state index is 0.498. The summed E-state index contributed by atoms with van der Waals surface area (Å²) in [6.45, 7) is -0.897. The predicted molar refractivity (Wildman–Crippen MR) is 34.9 cm³/mol. The number of aromatic nitrogens is 3. The van der Waals surface area contributed by atoms with Gasteiger partial charge in [-0.05, 0) is 0 Å². The Morgan fingerprint density at radius 1 is 1.69 bits per heavy atom. The van der Waals surface area contributed by atoms with E-state index in [-0.39, 0.29) is 0 Å². The molecule has 0 aromatic carbocycles. The highest BCUT2D eigenvalue weighted by atomic mass is 19.4. The molecule has 1 atom stereocenters. The van der Waals surface area contributed by atoms with Gasteiger partial charge in [-0.15, -0.1) is 0 Å². The summed E-state index contributed by atoms with van der Waals surface area (Å²) in [5.41, 5.74) is -0.789. The van der Waals surface area contributed by atoms with Crippen LogP contribution in [0.5, 0.6) is 0 Å². The van der Waals surface area contributed by atoms with E-state index in [1.54, 1.807) is 0 Å². The van der Waals surface area contributed by atoms with Crippen LogP contribution in [0, 0.1) is 0 Å². The lowest BCUT2D eigenvalue weighted by Gasteiger charge is -2.12. The fourth-order valence-corrected chi connectivity index (χ4v) is 0.678. The summed E-state index contributed by atoms with van der Waals surface area (Å²) in [7, 11) is 0. The zero-order valence-corrected chi connectivity index (χ0v) is 6.25. The number of halogens is 3. The van der Waals surface area contributed by atoms with E-state index < -0.39 is 24.5 Å². The molecule has 0 amide bonds. The van der Waals surface area contributed by atoms with Crippen molar-refractivity contribution in [1.82, 2.24) is 14.8 Å². The Balaban J connectivity index is 2.71. The molecule has 0 saturated heterocycles. The number of alkyl halides is 3. The van der Waals surface area contributed by atoms with Gasteiger partial charge in [0.15, 0.2) is 6.10 Å². The summed E-state index contributed by atoms with van der Waals surface area (Å²) in [5, 5.41) is 11.8. The molecule has 1 aromatic heterocycles. The molecule has 1 rings (SSSR count). The molecule has 8 heteroatoms. The topological polar surface area (TPSA) is 70.9 Å². The maximum Gasteiger partial charge on any atom is 0.416 e. The summed E-state index contributed by atoms with van der Waals surface area (Å²) >= 11 is 0. The van der Waals surface area contributed by atoms with E-state index in [2.05, 4.69) is 5.10 Å². The highest BCUT2D eigenvalue weighted by Crippen LogP contribution is 2.20. The molecule has 0 unspecified atom stereocenters. The number of aliphatic hydroxyl groups excluding tert-OH is 1. The lowest BCUT2D eigenvalue weighted by atomic mass is 10.3. The predicted octanol–water partition coefficient (Wildman–Crippen LogP) is -0.505. The minimum Gasteiger partial charge on any atom is -0.382 e. The fraction of sp³-hybridized carbons (Fsp3) is 0.600. The van der Waals surface area contributed by atoms with E-state index in [0.717, 1.165) is 6.33 Å². The van der Waals surface area contributed by atoms with Crippen molar-refractivity contribution in [3.8, 4) is 0 Å². The smallest absolute Gasteiger partial charge is 0.382 e. The second-order valence-corrected chi connectivity index (χ2v) is 2.33. The van der Waals surface area contributed by atoms with E-state index in [4.69, 9.17) is 5.11 Å². The van der Waals surface area contributed by atoms with Crippen LogP contribution in [0.15, 0.2) is 11.1 Å². The molecule has 13 heavy (non-hydrogen) atoms. The van der Waals surface area contributed by atoms with Gasteiger partial charge in [0, 0.05) is 0 Å². The van der Waals surface area contributed by atoms with Gasteiger partial charge in [-0.3, -0.25) is 4.98 Å². The molecule has 0 spiro atoms. The Hall–Kier alpha value is -1.31. The monoisotopic (exact) mass is 197 g/mol. The van der Waals surface area contributed by atoms with Gasteiger partial charge in [0.1, 0.15) is 6.33 Å². The van der Waals surface area contributed by atoms with Crippen molar-refractivity contribution in [3.63, 3.8) is 0 Å². The Morgan fingerprint density at radius 2 is 2.31 bits per heavy atom. The van der Waals surface area contributed by atoms with E-state index in [9.17, 15) is 18.0 Å². The van der Waals surface area contributed by atoms with Crippen LogP contribution >= 0.6 is 0 Å². The first-order valence-electron chi connectivity index (χ1n) is 3.26. The van der Waals surface area contributed by atoms with Crippen LogP contribution in [0.4, 0.5) is 13.2 Å². The molecule has 0 fully saturated rings. The first-order valence-corrected chi connectivity index (χ1v) is 3.26. The van der Waals surface area contributed by atoms with Crippen molar-refractivity contribution in [2.24, 2.45) is 0 Å². The summed E-state index contributed by atoms with van der Waals surface area (Å²) in [6.07, 6.45) is -6.36. The number of hydrogen-bond acceptors (Lipinski definition) is 3. The van der Waals surface area contributed by atoms with E-state index in [0.29, 0.717) is 4.68 Å². The zero-order chi connectivity index (χ0) is 10.1. The third-order valence-corrected chi connectivity index (χ3v) is 1.34. The number of nitrogens with zero attached hydrogens (tertiary/aromatic N) is 2. The van der Waals surface area contributed by atoms with Crippen molar-refractivity contribution in [1.29, 1.82) is 0 Å². The molecular formula is C5H6F3N3O2. The van der Waals surface area contributed by atoms with Crippen LogP contribution < -0.4 is 5.69 Å². The molecule has 0 aliphatic heterocycles.